The third-order valence-corrected chi connectivity index (χ3v) is 4.53. The molecule has 0 aliphatic heterocycles. The molecule has 7 nitrogen and oxygen atoms in total. The van der Waals surface area contributed by atoms with Gasteiger partial charge in [-0.3, -0.25) is 0 Å². The molecule has 0 unspecified atom stereocenters. The standard InChI is InChI=1S/C17H18N6OS/c1-17(2,3)16-21-20-14-7-6-13(22-23(14)16)18-9-11-10-24-15(19-11)12-5-4-8-25-12/h4-8,10H,9H2,1-3H3,(H,18,22). The minimum Gasteiger partial charge on any atom is -0.443 e. The molecule has 0 radical (unpaired) electrons. The highest BCUT2D eigenvalue weighted by atomic mass is 32.1. The van der Waals surface area contributed by atoms with Crippen LogP contribution in [0, 0.1) is 0 Å². The molecule has 0 spiro atoms. The van der Waals surface area contributed by atoms with Crippen molar-refractivity contribution < 1.29 is 4.42 Å². The fourth-order valence-corrected chi connectivity index (χ4v) is 3.09. The summed E-state index contributed by atoms with van der Waals surface area (Å²) in [5.41, 5.74) is 1.43. The van der Waals surface area contributed by atoms with Gasteiger partial charge in [-0.2, -0.15) is 4.52 Å². The molecule has 128 valence electrons. The van der Waals surface area contributed by atoms with E-state index < -0.39 is 0 Å². The van der Waals surface area contributed by atoms with E-state index in [1.54, 1.807) is 22.1 Å². The molecule has 25 heavy (non-hydrogen) atoms. The minimum atomic E-state index is -0.132. The molecule has 0 aliphatic carbocycles. The summed E-state index contributed by atoms with van der Waals surface area (Å²) in [6, 6.07) is 7.75. The van der Waals surface area contributed by atoms with E-state index in [1.165, 1.54) is 0 Å². The van der Waals surface area contributed by atoms with Gasteiger partial charge in [0.05, 0.1) is 17.1 Å². The zero-order valence-corrected chi connectivity index (χ0v) is 15.0. The molecule has 4 aromatic heterocycles. The van der Waals surface area contributed by atoms with E-state index in [9.17, 15) is 0 Å². The van der Waals surface area contributed by atoms with E-state index in [0.29, 0.717) is 12.4 Å². The van der Waals surface area contributed by atoms with Crippen LogP contribution in [-0.2, 0) is 12.0 Å². The summed E-state index contributed by atoms with van der Waals surface area (Å²) in [5.74, 6) is 2.20. The van der Waals surface area contributed by atoms with Gasteiger partial charge < -0.3 is 9.73 Å². The van der Waals surface area contributed by atoms with Gasteiger partial charge in [0.15, 0.2) is 11.5 Å². The number of nitrogens with zero attached hydrogens (tertiary/aromatic N) is 5. The molecular formula is C17H18N6OS. The van der Waals surface area contributed by atoms with E-state index >= 15 is 0 Å². The van der Waals surface area contributed by atoms with Gasteiger partial charge in [0, 0.05) is 5.41 Å². The lowest BCUT2D eigenvalue weighted by molar-refractivity contribution is 0.527. The molecule has 4 rings (SSSR count). The molecule has 0 fully saturated rings. The molecule has 4 aromatic rings. The second-order valence-electron chi connectivity index (χ2n) is 6.74. The Morgan fingerprint density at radius 2 is 2.08 bits per heavy atom. The Morgan fingerprint density at radius 3 is 2.84 bits per heavy atom. The molecule has 0 saturated carbocycles. The van der Waals surface area contributed by atoms with Crippen molar-refractivity contribution in [3.8, 4) is 10.8 Å². The highest BCUT2D eigenvalue weighted by molar-refractivity contribution is 7.13. The number of oxazole rings is 1. The number of nitrogens with one attached hydrogen (secondary N) is 1. The molecule has 0 atom stereocenters. The molecule has 0 saturated heterocycles. The highest BCUT2D eigenvalue weighted by Crippen LogP contribution is 2.24. The first-order chi connectivity index (χ1) is 12.0. The number of rotatable bonds is 4. The number of anilines is 1. The molecule has 0 aliphatic rings. The van der Waals surface area contributed by atoms with Crippen molar-refractivity contribution in [2.45, 2.75) is 32.7 Å². The normalized spacial score (nSPS) is 12.0. The van der Waals surface area contributed by atoms with Gasteiger partial charge in [0.2, 0.25) is 5.89 Å². The monoisotopic (exact) mass is 354 g/mol. The van der Waals surface area contributed by atoms with E-state index in [4.69, 9.17) is 4.42 Å². The highest BCUT2D eigenvalue weighted by Gasteiger charge is 2.21. The summed E-state index contributed by atoms with van der Waals surface area (Å²) >= 11 is 1.60. The van der Waals surface area contributed by atoms with Gasteiger partial charge in [-0.05, 0) is 23.6 Å². The van der Waals surface area contributed by atoms with Crippen LogP contribution in [0.2, 0.25) is 0 Å². The molecule has 1 N–H and O–H groups in total. The van der Waals surface area contributed by atoms with Crippen LogP contribution >= 0.6 is 11.3 Å². The second kappa shape index (κ2) is 5.96. The predicted octanol–water partition coefficient (Wildman–Crippen LogP) is 3.75. The zero-order valence-electron chi connectivity index (χ0n) is 14.2. The Labute approximate surface area is 148 Å². The van der Waals surface area contributed by atoms with Crippen molar-refractivity contribution >= 4 is 22.8 Å². The Kier molecular flexibility index (Phi) is 3.76. The van der Waals surface area contributed by atoms with Crippen molar-refractivity contribution in [3.63, 3.8) is 0 Å². The van der Waals surface area contributed by atoms with Gasteiger partial charge >= 0.3 is 0 Å². The zero-order chi connectivity index (χ0) is 17.4. The van der Waals surface area contributed by atoms with Crippen LogP contribution in [0.1, 0.15) is 32.3 Å². The number of fused-ring (bicyclic) bond motifs is 1. The lowest BCUT2D eigenvalue weighted by Gasteiger charge is -2.15. The smallest absolute Gasteiger partial charge is 0.236 e. The maximum atomic E-state index is 5.53. The topological polar surface area (TPSA) is 81.1 Å². The summed E-state index contributed by atoms with van der Waals surface area (Å²) in [5, 5.41) is 18.3. The van der Waals surface area contributed by atoms with Gasteiger partial charge in [-0.25, -0.2) is 4.98 Å². The summed E-state index contributed by atoms with van der Waals surface area (Å²) in [6.07, 6.45) is 1.67. The Balaban J connectivity index is 1.53. The lowest BCUT2D eigenvalue weighted by Crippen LogP contribution is -2.17. The van der Waals surface area contributed by atoms with Crippen LogP contribution < -0.4 is 5.32 Å². The van der Waals surface area contributed by atoms with Crippen LogP contribution in [-0.4, -0.2) is 24.8 Å². The SMILES string of the molecule is CC(C)(C)c1nnc2ccc(NCc3coc(-c4cccs4)n3)nn12. The largest absolute Gasteiger partial charge is 0.443 e. The summed E-state index contributed by atoms with van der Waals surface area (Å²) in [4.78, 5) is 5.52. The lowest BCUT2D eigenvalue weighted by atomic mass is 9.96. The third kappa shape index (κ3) is 3.12. The van der Waals surface area contributed by atoms with Crippen LogP contribution in [0.5, 0.6) is 0 Å². The van der Waals surface area contributed by atoms with E-state index in [2.05, 4.69) is 46.4 Å². The van der Waals surface area contributed by atoms with Crippen molar-refractivity contribution in [3.05, 3.63) is 47.4 Å². The second-order valence-corrected chi connectivity index (χ2v) is 7.68. The molecule has 0 bridgehead atoms. The van der Waals surface area contributed by atoms with Crippen molar-refractivity contribution in [1.82, 2.24) is 24.8 Å². The van der Waals surface area contributed by atoms with Crippen LogP contribution in [0.4, 0.5) is 5.82 Å². The Morgan fingerprint density at radius 1 is 1.20 bits per heavy atom. The number of thiophene rings is 1. The first kappa shape index (κ1) is 15.8. The quantitative estimate of drug-likeness (QED) is 0.601. The van der Waals surface area contributed by atoms with Crippen LogP contribution in [0.15, 0.2) is 40.3 Å². The van der Waals surface area contributed by atoms with E-state index in [1.807, 2.05) is 29.6 Å². The van der Waals surface area contributed by atoms with E-state index in [0.717, 1.165) is 27.9 Å². The van der Waals surface area contributed by atoms with Gasteiger partial charge in [0.25, 0.3) is 0 Å². The summed E-state index contributed by atoms with van der Waals surface area (Å²) in [6.45, 7) is 6.80. The van der Waals surface area contributed by atoms with Crippen molar-refractivity contribution in [2.75, 3.05) is 5.32 Å². The van der Waals surface area contributed by atoms with E-state index in [-0.39, 0.29) is 5.41 Å². The van der Waals surface area contributed by atoms with Crippen LogP contribution in [0.3, 0.4) is 0 Å². The predicted molar refractivity (Wildman–Crippen MR) is 96.6 cm³/mol. The molecule has 0 aromatic carbocycles. The Bertz CT molecular complexity index is 996. The average molecular weight is 354 g/mol. The fraction of sp³-hybridized carbons (Fsp3) is 0.294. The minimum absolute atomic E-state index is 0.132. The molecule has 4 heterocycles. The summed E-state index contributed by atoms with van der Waals surface area (Å²) < 4.78 is 7.31. The van der Waals surface area contributed by atoms with Gasteiger partial charge in [-0.1, -0.05) is 26.8 Å². The third-order valence-electron chi connectivity index (χ3n) is 3.67. The Hall–Kier alpha value is -2.74. The fourth-order valence-electron chi connectivity index (χ4n) is 2.43. The molecule has 8 heteroatoms. The first-order valence-electron chi connectivity index (χ1n) is 7.96. The van der Waals surface area contributed by atoms with Gasteiger partial charge in [-0.15, -0.1) is 26.6 Å². The number of hydrogen-bond acceptors (Lipinski definition) is 7. The number of aromatic nitrogens is 5. The first-order valence-corrected chi connectivity index (χ1v) is 8.84. The molecule has 0 amide bonds. The average Bonchev–Trinajstić information content (AvgIpc) is 3.30. The molecular weight excluding hydrogens is 336 g/mol. The maximum absolute atomic E-state index is 5.53. The van der Waals surface area contributed by atoms with Crippen LogP contribution in [0.25, 0.3) is 16.4 Å². The number of hydrogen-bond donors (Lipinski definition) is 1. The van der Waals surface area contributed by atoms with Gasteiger partial charge in [0.1, 0.15) is 12.1 Å². The van der Waals surface area contributed by atoms with Crippen molar-refractivity contribution in [2.24, 2.45) is 0 Å². The maximum Gasteiger partial charge on any atom is 0.236 e. The summed E-state index contributed by atoms with van der Waals surface area (Å²) in [7, 11) is 0. The van der Waals surface area contributed by atoms with Crippen molar-refractivity contribution in [1.29, 1.82) is 0 Å².